The minimum absolute atomic E-state index is 0.0426. The van der Waals surface area contributed by atoms with Crippen molar-refractivity contribution < 1.29 is 9.90 Å². The Labute approximate surface area is 118 Å². The highest BCUT2D eigenvalue weighted by Crippen LogP contribution is 2.26. The predicted octanol–water partition coefficient (Wildman–Crippen LogP) is 3.58. The summed E-state index contributed by atoms with van der Waals surface area (Å²) in [6.07, 6.45) is 0.0684. The number of carbonyl (C=O) groups is 1. The third-order valence-corrected chi connectivity index (χ3v) is 3.31. The highest BCUT2D eigenvalue weighted by molar-refractivity contribution is 5.99. The molecule has 2 aromatic rings. The lowest BCUT2D eigenvalue weighted by molar-refractivity contribution is 0.0976. The molecule has 1 unspecified atom stereocenters. The highest BCUT2D eigenvalue weighted by Gasteiger charge is 2.19. The van der Waals surface area contributed by atoms with Crippen molar-refractivity contribution in [2.45, 2.75) is 19.3 Å². The molecule has 0 radical (unpaired) electrons. The summed E-state index contributed by atoms with van der Waals surface area (Å²) in [7, 11) is 0. The fraction of sp³-hybridized carbons (Fsp3) is 0.176. The van der Waals surface area contributed by atoms with E-state index in [0.717, 1.165) is 11.1 Å². The molecule has 3 nitrogen and oxygen atoms in total. The van der Waals surface area contributed by atoms with E-state index in [4.69, 9.17) is 0 Å². The van der Waals surface area contributed by atoms with Gasteiger partial charge in [-0.05, 0) is 30.2 Å². The zero-order valence-electron chi connectivity index (χ0n) is 11.2. The van der Waals surface area contributed by atoms with E-state index in [-0.39, 0.29) is 23.5 Å². The Kier molecular flexibility index (Phi) is 4.17. The minimum atomic E-state index is -0.497. The lowest BCUT2D eigenvalue weighted by Gasteiger charge is -2.12. The maximum atomic E-state index is 12.2. The Morgan fingerprint density at radius 2 is 1.85 bits per heavy atom. The number of Topliss-reactive ketones (excluding diaryl/α,β-unsaturated/α-hetero) is 1. The van der Waals surface area contributed by atoms with Gasteiger partial charge in [0.2, 0.25) is 0 Å². The number of nitrogens with zero attached hydrogens (tertiary/aromatic N) is 1. The summed E-state index contributed by atoms with van der Waals surface area (Å²) in [5.74, 6) is -0.764. The van der Waals surface area contributed by atoms with Crippen molar-refractivity contribution in [3.05, 3.63) is 65.2 Å². The van der Waals surface area contributed by atoms with Gasteiger partial charge in [-0.25, -0.2) is 0 Å². The molecule has 0 fully saturated rings. The normalized spacial score (nSPS) is 11.6. The number of hydrogen-bond donors (Lipinski definition) is 1. The van der Waals surface area contributed by atoms with Crippen molar-refractivity contribution in [2.75, 3.05) is 0 Å². The molecule has 0 saturated heterocycles. The van der Waals surface area contributed by atoms with E-state index < -0.39 is 5.92 Å². The molecule has 0 aliphatic heterocycles. The number of hydrogen-bond acceptors (Lipinski definition) is 3. The number of aryl methyl sites for hydroxylation is 1. The summed E-state index contributed by atoms with van der Waals surface area (Å²) in [5.41, 5.74) is 2.12. The number of phenols is 1. The SMILES string of the molecule is Cc1ccccc1C(C#N)CC(=O)c1ccccc1O. The van der Waals surface area contributed by atoms with Gasteiger partial charge in [-0.3, -0.25) is 4.79 Å². The Hall–Kier alpha value is -2.60. The van der Waals surface area contributed by atoms with Crippen LogP contribution in [0.2, 0.25) is 0 Å². The molecule has 0 aliphatic carbocycles. The molecule has 0 bridgehead atoms. The van der Waals surface area contributed by atoms with Gasteiger partial charge in [0.1, 0.15) is 5.75 Å². The van der Waals surface area contributed by atoms with Crippen molar-refractivity contribution >= 4 is 5.78 Å². The van der Waals surface area contributed by atoms with E-state index in [0.29, 0.717) is 0 Å². The molecule has 20 heavy (non-hydrogen) atoms. The molecule has 3 heteroatoms. The number of para-hydroxylation sites is 1. The van der Waals surface area contributed by atoms with E-state index in [1.165, 1.54) is 6.07 Å². The number of benzene rings is 2. The summed E-state index contributed by atoms with van der Waals surface area (Å²) in [6.45, 7) is 1.92. The summed E-state index contributed by atoms with van der Waals surface area (Å²) in [4.78, 5) is 12.2. The highest BCUT2D eigenvalue weighted by atomic mass is 16.3. The van der Waals surface area contributed by atoms with Crippen LogP contribution in [0, 0.1) is 18.3 Å². The first-order chi connectivity index (χ1) is 9.63. The van der Waals surface area contributed by atoms with Crippen LogP contribution in [-0.2, 0) is 0 Å². The third-order valence-electron chi connectivity index (χ3n) is 3.31. The van der Waals surface area contributed by atoms with Gasteiger partial charge in [-0.1, -0.05) is 36.4 Å². The topological polar surface area (TPSA) is 61.1 Å². The van der Waals surface area contributed by atoms with Crippen molar-refractivity contribution in [2.24, 2.45) is 0 Å². The summed E-state index contributed by atoms with van der Waals surface area (Å²) < 4.78 is 0. The maximum absolute atomic E-state index is 12.2. The van der Waals surface area contributed by atoms with E-state index in [1.807, 2.05) is 31.2 Å². The molecule has 0 spiro atoms. The van der Waals surface area contributed by atoms with Crippen molar-refractivity contribution in [1.82, 2.24) is 0 Å². The van der Waals surface area contributed by atoms with Gasteiger partial charge in [0.05, 0.1) is 17.6 Å². The fourth-order valence-electron chi connectivity index (χ4n) is 2.21. The standard InChI is InChI=1S/C17H15NO2/c1-12-6-2-3-7-14(12)13(11-18)10-17(20)15-8-4-5-9-16(15)19/h2-9,13,19H,10H2,1H3. The second kappa shape index (κ2) is 6.03. The van der Waals surface area contributed by atoms with Gasteiger partial charge in [-0.2, -0.15) is 5.26 Å². The van der Waals surface area contributed by atoms with Crippen LogP contribution in [0.4, 0.5) is 0 Å². The largest absolute Gasteiger partial charge is 0.507 e. The first kappa shape index (κ1) is 13.8. The average molecular weight is 265 g/mol. The number of phenolic OH excluding ortho intramolecular Hbond substituents is 1. The van der Waals surface area contributed by atoms with Crippen LogP contribution in [0.25, 0.3) is 0 Å². The molecular weight excluding hydrogens is 250 g/mol. The van der Waals surface area contributed by atoms with Crippen LogP contribution in [-0.4, -0.2) is 10.9 Å². The molecule has 0 heterocycles. The molecule has 2 rings (SSSR count). The van der Waals surface area contributed by atoms with Gasteiger partial charge in [0.15, 0.2) is 5.78 Å². The van der Waals surface area contributed by atoms with Gasteiger partial charge < -0.3 is 5.11 Å². The maximum Gasteiger partial charge on any atom is 0.168 e. The van der Waals surface area contributed by atoms with Crippen LogP contribution in [0.1, 0.15) is 33.8 Å². The van der Waals surface area contributed by atoms with Crippen molar-refractivity contribution in [1.29, 1.82) is 5.26 Å². The first-order valence-electron chi connectivity index (χ1n) is 6.40. The van der Waals surface area contributed by atoms with Gasteiger partial charge >= 0.3 is 0 Å². The Morgan fingerprint density at radius 1 is 1.20 bits per heavy atom. The van der Waals surface area contributed by atoms with Gasteiger partial charge in [0, 0.05) is 6.42 Å². The predicted molar refractivity (Wildman–Crippen MR) is 76.6 cm³/mol. The Bertz CT molecular complexity index is 671. The second-order valence-electron chi connectivity index (χ2n) is 4.68. The average Bonchev–Trinajstić information content (AvgIpc) is 2.46. The number of aromatic hydroxyl groups is 1. The van der Waals surface area contributed by atoms with Crippen LogP contribution < -0.4 is 0 Å². The lowest BCUT2D eigenvalue weighted by Crippen LogP contribution is -2.07. The van der Waals surface area contributed by atoms with Crippen LogP contribution >= 0.6 is 0 Å². The summed E-state index contributed by atoms with van der Waals surface area (Å²) >= 11 is 0. The van der Waals surface area contributed by atoms with E-state index in [2.05, 4.69) is 6.07 Å². The quantitative estimate of drug-likeness (QED) is 0.859. The van der Waals surface area contributed by atoms with Crippen molar-refractivity contribution in [3.8, 4) is 11.8 Å². The Morgan fingerprint density at radius 3 is 2.50 bits per heavy atom. The van der Waals surface area contributed by atoms with Crippen LogP contribution in [0.15, 0.2) is 48.5 Å². The zero-order chi connectivity index (χ0) is 14.5. The fourth-order valence-corrected chi connectivity index (χ4v) is 2.21. The second-order valence-corrected chi connectivity index (χ2v) is 4.68. The molecule has 0 aliphatic rings. The van der Waals surface area contributed by atoms with Crippen LogP contribution in [0.3, 0.4) is 0 Å². The van der Waals surface area contributed by atoms with E-state index >= 15 is 0 Å². The monoisotopic (exact) mass is 265 g/mol. The smallest absolute Gasteiger partial charge is 0.168 e. The molecular formula is C17H15NO2. The van der Waals surface area contributed by atoms with Crippen LogP contribution in [0.5, 0.6) is 5.75 Å². The number of rotatable bonds is 4. The van der Waals surface area contributed by atoms with Gasteiger partial charge in [0.25, 0.3) is 0 Å². The Balaban J connectivity index is 2.24. The van der Waals surface area contributed by atoms with E-state index in [1.54, 1.807) is 18.2 Å². The molecule has 1 atom stereocenters. The molecule has 100 valence electrons. The lowest BCUT2D eigenvalue weighted by atomic mass is 9.90. The zero-order valence-corrected chi connectivity index (χ0v) is 11.2. The molecule has 1 N–H and O–H groups in total. The minimum Gasteiger partial charge on any atom is -0.507 e. The molecule has 0 saturated carbocycles. The number of carbonyl (C=O) groups excluding carboxylic acids is 1. The molecule has 2 aromatic carbocycles. The molecule has 0 amide bonds. The number of ketones is 1. The number of nitriles is 1. The first-order valence-corrected chi connectivity index (χ1v) is 6.40. The molecule has 0 aromatic heterocycles. The summed E-state index contributed by atoms with van der Waals surface area (Å²) in [6, 6.07) is 16.1. The van der Waals surface area contributed by atoms with E-state index in [9.17, 15) is 15.2 Å². The summed E-state index contributed by atoms with van der Waals surface area (Å²) in [5, 5.41) is 19.0. The van der Waals surface area contributed by atoms with Crippen molar-refractivity contribution in [3.63, 3.8) is 0 Å². The third kappa shape index (κ3) is 2.86. The van der Waals surface area contributed by atoms with Gasteiger partial charge in [-0.15, -0.1) is 0 Å².